The molecule has 1 aliphatic carbocycles. The molecule has 0 amide bonds. The van der Waals surface area contributed by atoms with Gasteiger partial charge in [0.1, 0.15) is 12.2 Å². The number of hydrogen-bond donors (Lipinski definition) is 2. The molecule has 0 aromatic heterocycles. The average molecular weight is 451 g/mol. The molecule has 2 N–H and O–H groups in total. The predicted octanol–water partition coefficient (Wildman–Crippen LogP) is 4.50. The van der Waals surface area contributed by atoms with Gasteiger partial charge >= 0.3 is 11.9 Å². The molecule has 0 aromatic rings. The van der Waals surface area contributed by atoms with Gasteiger partial charge in [-0.25, -0.2) is 0 Å². The van der Waals surface area contributed by atoms with Gasteiger partial charge < -0.3 is 20.1 Å². The molecule has 0 aromatic carbocycles. The van der Waals surface area contributed by atoms with Crippen LogP contribution in [0.2, 0.25) is 0 Å². The van der Waals surface area contributed by atoms with E-state index in [1.54, 1.807) is 0 Å². The summed E-state index contributed by atoms with van der Waals surface area (Å²) in [6, 6.07) is 0. The molecule has 2 unspecified atom stereocenters. The topological polar surface area (TPSA) is 76.7 Å². The van der Waals surface area contributed by atoms with E-state index >= 15 is 0 Å². The Morgan fingerprint density at radius 1 is 0.656 bits per heavy atom. The molecule has 184 valence electrons. The molecule has 2 aliphatic heterocycles. The van der Waals surface area contributed by atoms with Crippen molar-refractivity contribution < 1.29 is 19.1 Å². The third kappa shape index (κ3) is 6.47. The zero-order valence-corrected chi connectivity index (χ0v) is 21.6. The lowest BCUT2D eigenvalue weighted by Crippen LogP contribution is -2.51. The minimum atomic E-state index is -0.226. The highest BCUT2D eigenvalue weighted by Crippen LogP contribution is 2.36. The predicted molar refractivity (Wildman–Crippen MR) is 126 cm³/mol. The molecular formula is C26H46N2O4. The van der Waals surface area contributed by atoms with Crippen molar-refractivity contribution in [3.63, 3.8) is 0 Å². The standard InChI is InChI=1S/C26H46N2O4/c1-23(2)14-13-19(15-24(3,4)27-23)31-21(29)17-9-11-18(12-10-17)22(30)32-20-16-25(5,6)28-26(20,7)8/h17-20,27-28H,9-16H2,1-8H3. The monoisotopic (exact) mass is 450 g/mol. The van der Waals surface area contributed by atoms with Crippen LogP contribution in [-0.2, 0) is 19.1 Å². The molecular weight excluding hydrogens is 404 g/mol. The fourth-order valence-electron chi connectivity index (χ4n) is 6.30. The van der Waals surface area contributed by atoms with Gasteiger partial charge in [0.2, 0.25) is 0 Å². The lowest BCUT2D eigenvalue weighted by Gasteiger charge is -2.35. The number of carbonyl (C=O) groups is 2. The summed E-state index contributed by atoms with van der Waals surface area (Å²) in [5.74, 6) is -0.399. The molecule has 0 spiro atoms. The number of rotatable bonds is 4. The van der Waals surface area contributed by atoms with Crippen LogP contribution < -0.4 is 10.6 Å². The minimum absolute atomic E-state index is 0.0346. The molecule has 6 heteroatoms. The molecule has 0 radical (unpaired) electrons. The molecule has 2 saturated heterocycles. The highest BCUT2D eigenvalue weighted by Gasteiger charge is 2.47. The Morgan fingerprint density at radius 3 is 1.66 bits per heavy atom. The lowest BCUT2D eigenvalue weighted by atomic mass is 9.82. The van der Waals surface area contributed by atoms with Gasteiger partial charge in [-0.2, -0.15) is 0 Å². The van der Waals surface area contributed by atoms with Gasteiger partial charge in [0.05, 0.1) is 17.4 Å². The first-order chi connectivity index (χ1) is 14.6. The zero-order valence-electron chi connectivity index (χ0n) is 21.6. The van der Waals surface area contributed by atoms with Crippen molar-refractivity contribution in [2.75, 3.05) is 0 Å². The Morgan fingerprint density at radius 2 is 1.16 bits per heavy atom. The van der Waals surface area contributed by atoms with Crippen molar-refractivity contribution in [3.05, 3.63) is 0 Å². The Hall–Kier alpha value is -1.14. The van der Waals surface area contributed by atoms with Crippen LogP contribution >= 0.6 is 0 Å². The summed E-state index contributed by atoms with van der Waals surface area (Å²) < 4.78 is 11.9. The third-order valence-electron chi connectivity index (χ3n) is 7.60. The van der Waals surface area contributed by atoms with Crippen molar-refractivity contribution in [2.24, 2.45) is 11.8 Å². The van der Waals surface area contributed by atoms with Gasteiger partial charge in [-0.05, 0) is 93.9 Å². The van der Waals surface area contributed by atoms with E-state index in [9.17, 15) is 9.59 Å². The summed E-state index contributed by atoms with van der Waals surface area (Å²) in [4.78, 5) is 25.7. The van der Waals surface area contributed by atoms with Gasteiger partial charge in [-0.1, -0.05) is 0 Å². The summed E-state index contributed by atoms with van der Waals surface area (Å²) in [7, 11) is 0. The molecule has 2 atom stereocenters. The first kappa shape index (κ1) is 25.5. The van der Waals surface area contributed by atoms with E-state index in [0.29, 0.717) is 25.7 Å². The molecule has 0 bridgehead atoms. The van der Waals surface area contributed by atoms with E-state index in [-0.39, 0.29) is 58.1 Å². The van der Waals surface area contributed by atoms with Gasteiger partial charge in [0.25, 0.3) is 0 Å². The number of hydrogen-bond acceptors (Lipinski definition) is 6. The van der Waals surface area contributed by atoms with Gasteiger partial charge in [0.15, 0.2) is 0 Å². The zero-order chi connectivity index (χ0) is 23.9. The van der Waals surface area contributed by atoms with Crippen molar-refractivity contribution >= 4 is 11.9 Å². The number of ether oxygens (including phenoxy) is 2. The molecule has 2 heterocycles. The fraction of sp³-hybridized carbons (Fsp3) is 0.923. The van der Waals surface area contributed by atoms with E-state index in [4.69, 9.17) is 9.47 Å². The van der Waals surface area contributed by atoms with E-state index in [1.165, 1.54) is 0 Å². The smallest absolute Gasteiger partial charge is 0.309 e. The van der Waals surface area contributed by atoms with Crippen LogP contribution in [-0.4, -0.2) is 46.3 Å². The van der Waals surface area contributed by atoms with Crippen molar-refractivity contribution in [1.29, 1.82) is 0 Å². The quantitative estimate of drug-likeness (QED) is 0.614. The van der Waals surface area contributed by atoms with Crippen LogP contribution in [0.1, 0.15) is 107 Å². The van der Waals surface area contributed by atoms with Crippen molar-refractivity contribution in [1.82, 2.24) is 10.6 Å². The van der Waals surface area contributed by atoms with Crippen molar-refractivity contribution in [2.45, 2.75) is 141 Å². The highest BCUT2D eigenvalue weighted by molar-refractivity contribution is 5.75. The number of esters is 2. The maximum Gasteiger partial charge on any atom is 0.309 e. The second-order valence-corrected chi connectivity index (χ2v) is 13.1. The Balaban J connectivity index is 1.48. The summed E-state index contributed by atoms with van der Waals surface area (Å²) >= 11 is 0. The van der Waals surface area contributed by atoms with Crippen LogP contribution in [0.25, 0.3) is 0 Å². The Kier molecular flexibility index (Phi) is 7.09. The first-order valence-corrected chi connectivity index (χ1v) is 12.6. The largest absolute Gasteiger partial charge is 0.462 e. The fourth-order valence-corrected chi connectivity index (χ4v) is 6.30. The minimum Gasteiger partial charge on any atom is -0.462 e. The second kappa shape index (κ2) is 8.90. The third-order valence-corrected chi connectivity index (χ3v) is 7.60. The number of nitrogens with one attached hydrogen (secondary N) is 2. The maximum absolute atomic E-state index is 12.9. The van der Waals surface area contributed by atoms with Gasteiger partial charge in [-0.15, -0.1) is 0 Å². The summed E-state index contributed by atoms with van der Waals surface area (Å²) in [5.41, 5.74) is -0.283. The first-order valence-electron chi connectivity index (χ1n) is 12.6. The lowest BCUT2D eigenvalue weighted by molar-refractivity contribution is -0.162. The highest BCUT2D eigenvalue weighted by atomic mass is 16.5. The summed E-state index contributed by atoms with van der Waals surface area (Å²) in [5, 5.41) is 7.25. The normalized spacial score (nSPS) is 35.5. The van der Waals surface area contributed by atoms with Crippen LogP contribution in [0.5, 0.6) is 0 Å². The van der Waals surface area contributed by atoms with Crippen molar-refractivity contribution in [3.8, 4) is 0 Å². The molecule has 1 saturated carbocycles. The molecule has 3 fully saturated rings. The second-order valence-electron chi connectivity index (χ2n) is 13.1. The molecule has 32 heavy (non-hydrogen) atoms. The van der Waals surface area contributed by atoms with Gasteiger partial charge in [-0.3, -0.25) is 9.59 Å². The average Bonchev–Trinajstić information content (AvgIpc) is 2.77. The van der Waals surface area contributed by atoms with E-state index in [1.807, 2.05) is 0 Å². The molecule has 6 nitrogen and oxygen atoms in total. The maximum atomic E-state index is 12.9. The van der Waals surface area contributed by atoms with Crippen LogP contribution in [0.15, 0.2) is 0 Å². The Bertz CT molecular complexity index is 705. The Labute approximate surface area is 194 Å². The van der Waals surface area contributed by atoms with E-state index < -0.39 is 0 Å². The van der Waals surface area contributed by atoms with Crippen LogP contribution in [0.3, 0.4) is 0 Å². The van der Waals surface area contributed by atoms with E-state index in [0.717, 1.165) is 25.7 Å². The number of carbonyl (C=O) groups excluding carboxylic acids is 2. The van der Waals surface area contributed by atoms with Crippen LogP contribution in [0, 0.1) is 11.8 Å². The van der Waals surface area contributed by atoms with Gasteiger partial charge in [0, 0.05) is 29.5 Å². The van der Waals surface area contributed by atoms with E-state index in [2.05, 4.69) is 66.0 Å². The molecule has 3 rings (SSSR count). The van der Waals surface area contributed by atoms with Crippen LogP contribution in [0.4, 0.5) is 0 Å². The summed E-state index contributed by atoms with van der Waals surface area (Å²) in [6.45, 7) is 17.3. The summed E-state index contributed by atoms with van der Waals surface area (Å²) in [6.07, 6.45) is 6.16. The SMILES string of the molecule is CC1(C)CCC(OC(=O)C2CCC(C(=O)OC3CC(C)(C)NC3(C)C)CC2)CC(C)(C)N1. The molecule has 3 aliphatic rings.